The van der Waals surface area contributed by atoms with Gasteiger partial charge >= 0.3 is 5.97 Å². The SMILES string of the molecule is O=C(O)C1CCC(=O)N1Cc1ccc(Cl)cc1Cl. The Balaban J connectivity index is 2.21. The molecule has 0 aromatic heterocycles. The molecule has 1 N–H and O–H groups in total. The van der Waals surface area contributed by atoms with Gasteiger partial charge in [0.05, 0.1) is 0 Å². The van der Waals surface area contributed by atoms with Crippen LogP contribution >= 0.6 is 23.2 Å². The average molecular weight is 288 g/mol. The molecule has 1 fully saturated rings. The summed E-state index contributed by atoms with van der Waals surface area (Å²) in [5.74, 6) is -1.14. The van der Waals surface area contributed by atoms with E-state index < -0.39 is 12.0 Å². The number of likely N-dealkylation sites (tertiary alicyclic amines) is 1. The normalized spacial score (nSPS) is 19.3. The van der Waals surface area contributed by atoms with Crippen molar-refractivity contribution in [3.63, 3.8) is 0 Å². The van der Waals surface area contributed by atoms with E-state index in [1.54, 1.807) is 18.2 Å². The van der Waals surface area contributed by atoms with E-state index in [1.165, 1.54) is 4.90 Å². The number of hydrogen-bond acceptors (Lipinski definition) is 2. The van der Waals surface area contributed by atoms with E-state index >= 15 is 0 Å². The topological polar surface area (TPSA) is 57.6 Å². The summed E-state index contributed by atoms with van der Waals surface area (Å²) in [6.45, 7) is 0.200. The van der Waals surface area contributed by atoms with Gasteiger partial charge in [-0.2, -0.15) is 0 Å². The van der Waals surface area contributed by atoms with Crippen LogP contribution in [0.25, 0.3) is 0 Å². The van der Waals surface area contributed by atoms with Gasteiger partial charge in [-0.1, -0.05) is 29.3 Å². The predicted octanol–water partition coefficient (Wildman–Crippen LogP) is 2.57. The van der Waals surface area contributed by atoms with Gasteiger partial charge in [0.2, 0.25) is 5.91 Å². The molecule has 1 aromatic rings. The van der Waals surface area contributed by atoms with Crippen molar-refractivity contribution < 1.29 is 14.7 Å². The van der Waals surface area contributed by atoms with E-state index in [4.69, 9.17) is 28.3 Å². The number of benzene rings is 1. The minimum Gasteiger partial charge on any atom is -0.480 e. The third-order valence-corrected chi connectivity index (χ3v) is 3.56. The number of amides is 1. The van der Waals surface area contributed by atoms with Gasteiger partial charge in [-0.15, -0.1) is 0 Å². The number of carboxylic acid groups (broad SMARTS) is 1. The minimum absolute atomic E-state index is 0.159. The Hall–Kier alpha value is -1.26. The molecule has 1 saturated heterocycles. The number of carbonyl (C=O) groups excluding carboxylic acids is 1. The summed E-state index contributed by atoms with van der Waals surface area (Å²) in [5.41, 5.74) is 0.697. The molecule has 1 aliphatic rings. The lowest BCUT2D eigenvalue weighted by molar-refractivity contribution is -0.146. The Morgan fingerprint density at radius 2 is 2.17 bits per heavy atom. The molecule has 96 valence electrons. The summed E-state index contributed by atoms with van der Waals surface area (Å²) < 4.78 is 0. The second kappa shape index (κ2) is 5.16. The molecule has 0 radical (unpaired) electrons. The molecule has 18 heavy (non-hydrogen) atoms. The summed E-state index contributed by atoms with van der Waals surface area (Å²) in [6.07, 6.45) is 0.613. The molecule has 6 heteroatoms. The molecule has 1 aliphatic heterocycles. The molecule has 2 rings (SSSR count). The van der Waals surface area contributed by atoms with E-state index in [9.17, 15) is 9.59 Å². The largest absolute Gasteiger partial charge is 0.480 e. The second-order valence-corrected chi connectivity index (χ2v) is 4.99. The molecule has 0 spiro atoms. The van der Waals surface area contributed by atoms with E-state index in [1.807, 2.05) is 0 Å². The van der Waals surface area contributed by atoms with Crippen molar-refractivity contribution in [2.24, 2.45) is 0 Å². The molecule has 0 bridgehead atoms. The van der Waals surface area contributed by atoms with Crippen LogP contribution in [-0.2, 0) is 16.1 Å². The smallest absolute Gasteiger partial charge is 0.326 e. The molecular formula is C12H11Cl2NO3. The van der Waals surface area contributed by atoms with Crippen molar-refractivity contribution in [3.8, 4) is 0 Å². The van der Waals surface area contributed by atoms with Gasteiger partial charge in [0.25, 0.3) is 0 Å². The number of carbonyl (C=O) groups is 2. The molecule has 1 atom stereocenters. The number of halogens is 2. The fourth-order valence-corrected chi connectivity index (χ4v) is 2.49. The van der Waals surface area contributed by atoms with E-state index in [0.29, 0.717) is 22.0 Å². The van der Waals surface area contributed by atoms with Crippen molar-refractivity contribution >= 4 is 35.1 Å². The van der Waals surface area contributed by atoms with Crippen LogP contribution in [0, 0.1) is 0 Å². The number of hydrogen-bond donors (Lipinski definition) is 1. The van der Waals surface area contributed by atoms with Gasteiger partial charge in [0.1, 0.15) is 6.04 Å². The van der Waals surface area contributed by atoms with Crippen molar-refractivity contribution in [1.82, 2.24) is 4.90 Å². The van der Waals surface area contributed by atoms with Gasteiger partial charge in [-0.05, 0) is 24.1 Å². The maximum Gasteiger partial charge on any atom is 0.326 e. The first-order valence-corrected chi connectivity index (χ1v) is 6.21. The van der Waals surface area contributed by atoms with Gasteiger partial charge in [-0.3, -0.25) is 4.79 Å². The van der Waals surface area contributed by atoms with Gasteiger partial charge < -0.3 is 10.0 Å². The van der Waals surface area contributed by atoms with Crippen LogP contribution in [0.5, 0.6) is 0 Å². The van der Waals surface area contributed by atoms with Gasteiger partial charge in [0.15, 0.2) is 0 Å². The van der Waals surface area contributed by atoms with Crippen LogP contribution in [0.15, 0.2) is 18.2 Å². The molecule has 1 unspecified atom stereocenters. The fraction of sp³-hybridized carbons (Fsp3) is 0.333. The Kier molecular flexibility index (Phi) is 3.78. The molecule has 1 aromatic carbocycles. The maximum atomic E-state index is 11.7. The zero-order valence-corrected chi connectivity index (χ0v) is 10.9. The predicted molar refractivity (Wildman–Crippen MR) is 67.7 cm³/mol. The summed E-state index contributed by atoms with van der Waals surface area (Å²) in [6, 6.07) is 4.19. The summed E-state index contributed by atoms with van der Waals surface area (Å²) >= 11 is 11.8. The highest BCUT2D eigenvalue weighted by Gasteiger charge is 2.36. The lowest BCUT2D eigenvalue weighted by Crippen LogP contribution is -2.37. The van der Waals surface area contributed by atoms with Crippen LogP contribution in [0.1, 0.15) is 18.4 Å². The van der Waals surface area contributed by atoms with E-state index in [-0.39, 0.29) is 18.9 Å². The zero-order chi connectivity index (χ0) is 13.3. The lowest BCUT2D eigenvalue weighted by Gasteiger charge is -2.22. The van der Waals surface area contributed by atoms with Crippen LogP contribution in [-0.4, -0.2) is 27.9 Å². The minimum atomic E-state index is -0.981. The molecule has 1 heterocycles. The van der Waals surface area contributed by atoms with Crippen molar-refractivity contribution in [1.29, 1.82) is 0 Å². The summed E-state index contributed by atoms with van der Waals surface area (Å²) in [7, 11) is 0. The molecule has 4 nitrogen and oxygen atoms in total. The number of carboxylic acids is 1. The Labute approximate surface area is 114 Å². The van der Waals surface area contributed by atoms with Crippen molar-refractivity contribution in [2.45, 2.75) is 25.4 Å². The van der Waals surface area contributed by atoms with Crippen molar-refractivity contribution in [2.75, 3.05) is 0 Å². The average Bonchev–Trinajstić information content (AvgIpc) is 2.64. The molecular weight excluding hydrogens is 277 g/mol. The first kappa shape index (κ1) is 13.2. The van der Waals surface area contributed by atoms with Gasteiger partial charge in [0, 0.05) is 23.0 Å². The molecule has 0 saturated carbocycles. The quantitative estimate of drug-likeness (QED) is 0.930. The fourth-order valence-electron chi connectivity index (χ4n) is 2.02. The van der Waals surface area contributed by atoms with Crippen LogP contribution in [0.2, 0.25) is 10.0 Å². The Morgan fingerprint density at radius 1 is 1.44 bits per heavy atom. The molecule has 1 amide bonds. The maximum absolute atomic E-state index is 11.7. The summed E-state index contributed by atoms with van der Waals surface area (Å²) in [5, 5.41) is 9.99. The van der Waals surface area contributed by atoms with Crippen LogP contribution in [0.3, 0.4) is 0 Å². The Bertz CT molecular complexity index is 504. The number of aliphatic carboxylic acids is 1. The van der Waals surface area contributed by atoms with Crippen LogP contribution in [0.4, 0.5) is 0 Å². The van der Waals surface area contributed by atoms with Gasteiger partial charge in [-0.25, -0.2) is 4.79 Å². The number of rotatable bonds is 3. The highest BCUT2D eigenvalue weighted by atomic mass is 35.5. The van der Waals surface area contributed by atoms with E-state index in [2.05, 4.69) is 0 Å². The highest BCUT2D eigenvalue weighted by molar-refractivity contribution is 6.35. The third-order valence-electron chi connectivity index (χ3n) is 2.97. The summed E-state index contributed by atoms with van der Waals surface area (Å²) in [4.78, 5) is 24.0. The first-order valence-electron chi connectivity index (χ1n) is 5.45. The highest BCUT2D eigenvalue weighted by Crippen LogP contribution is 2.26. The first-order chi connectivity index (χ1) is 8.49. The monoisotopic (exact) mass is 287 g/mol. The van der Waals surface area contributed by atoms with E-state index in [0.717, 1.165) is 0 Å². The lowest BCUT2D eigenvalue weighted by atomic mass is 10.2. The standard InChI is InChI=1S/C12H11Cl2NO3/c13-8-2-1-7(9(14)5-8)6-15-10(12(17)18)3-4-11(15)16/h1-2,5,10H,3-4,6H2,(H,17,18). The zero-order valence-electron chi connectivity index (χ0n) is 9.40. The molecule has 0 aliphatic carbocycles. The Morgan fingerprint density at radius 3 is 2.78 bits per heavy atom. The van der Waals surface area contributed by atoms with Crippen molar-refractivity contribution in [3.05, 3.63) is 33.8 Å². The van der Waals surface area contributed by atoms with Crippen LogP contribution < -0.4 is 0 Å². The second-order valence-electron chi connectivity index (χ2n) is 4.15. The third kappa shape index (κ3) is 2.60. The number of nitrogens with zero attached hydrogens (tertiary/aromatic N) is 1.